The van der Waals surface area contributed by atoms with Crippen molar-refractivity contribution in [1.82, 2.24) is 14.8 Å². The summed E-state index contributed by atoms with van der Waals surface area (Å²) in [4.78, 5) is 18.3. The van der Waals surface area contributed by atoms with E-state index in [1.54, 1.807) is 5.01 Å². The molecule has 0 saturated carbocycles. The minimum atomic E-state index is -0.0470. The number of amides is 1. The summed E-state index contributed by atoms with van der Waals surface area (Å²) in [5, 5.41) is 6.73. The van der Waals surface area contributed by atoms with Crippen molar-refractivity contribution < 1.29 is 4.79 Å². The highest BCUT2D eigenvalue weighted by Gasteiger charge is 2.35. The predicted octanol–water partition coefficient (Wildman–Crippen LogP) is 4.24. The average molecular weight is 433 g/mol. The minimum absolute atomic E-state index is 0.0470. The summed E-state index contributed by atoms with van der Waals surface area (Å²) >= 11 is 0. The number of likely N-dealkylation sites (N-methyl/N-ethyl adjacent to an activating group) is 1. The molecule has 1 saturated heterocycles. The SMILES string of the molecule is CCN1CCN(CC(=O)N2N=C(c3cc(C)ccc3C)CC2c2cc(C)ccc2C)CC1. The molecule has 2 aromatic rings. The van der Waals surface area contributed by atoms with Crippen LogP contribution in [-0.2, 0) is 4.79 Å². The van der Waals surface area contributed by atoms with Crippen LogP contribution in [0.15, 0.2) is 41.5 Å². The lowest BCUT2D eigenvalue weighted by Crippen LogP contribution is -2.49. The van der Waals surface area contributed by atoms with Gasteiger partial charge in [0.25, 0.3) is 5.91 Å². The molecular weight excluding hydrogens is 396 g/mol. The second kappa shape index (κ2) is 9.55. The summed E-state index contributed by atoms with van der Waals surface area (Å²) in [7, 11) is 0. The number of aryl methyl sites for hydroxylation is 4. The quantitative estimate of drug-likeness (QED) is 0.710. The molecule has 0 radical (unpaired) electrons. The van der Waals surface area contributed by atoms with Gasteiger partial charge in [-0.05, 0) is 57.0 Å². The molecule has 5 heteroatoms. The van der Waals surface area contributed by atoms with Gasteiger partial charge in [0.05, 0.1) is 18.3 Å². The summed E-state index contributed by atoms with van der Waals surface area (Å²) in [5.41, 5.74) is 8.24. The molecule has 2 heterocycles. The fraction of sp³-hybridized carbons (Fsp3) is 0.481. The standard InChI is InChI=1S/C27H36N4O/c1-6-29-11-13-30(14-12-29)18-27(32)31-26(24-16-20(3)8-10-22(24)5)17-25(28-31)23-15-19(2)7-9-21(23)4/h7-10,15-16,26H,6,11-14,17-18H2,1-5H3. The Morgan fingerprint density at radius 1 is 0.906 bits per heavy atom. The van der Waals surface area contributed by atoms with Crippen LogP contribution in [0, 0.1) is 27.7 Å². The number of rotatable bonds is 5. The van der Waals surface area contributed by atoms with Gasteiger partial charge in [-0.1, -0.05) is 48.4 Å². The van der Waals surface area contributed by atoms with Crippen molar-refractivity contribution in [2.45, 2.75) is 47.1 Å². The molecule has 0 aromatic heterocycles. The number of hydrogen-bond donors (Lipinski definition) is 0. The first-order valence-electron chi connectivity index (χ1n) is 11.8. The van der Waals surface area contributed by atoms with Gasteiger partial charge in [0.15, 0.2) is 0 Å². The summed E-state index contributed by atoms with van der Waals surface area (Å²) in [6, 6.07) is 13.0. The Kier molecular flexibility index (Phi) is 6.77. The van der Waals surface area contributed by atoms with Gasteiger partial charge in [-0.3, -0.25) is 9.69 Å². The van der Waals surface area contributed by atoms with E-state index in [4.69, 9.17) is 5.10 Å². The van der Waals surface area contributed by atoms with E-state index >= 15 is 0 Å². The Morgan fingerprint density at radius 2 is 1.53 bits per heavy atom. The summed E-state index contributed by atoms with van der Waals surface area (Å²) in [6.45, 7) is 16.1. The summed E-state index contributed by atoms with van der Waals surface area (Å²) in [6.07, 6.45) is 0.754. The topological polar surface area (TPSA) is 39.1 Å². The van der Waals surface area contributed by atoms with Gasteiger partial charge in [-0.25, -0.2) is 5.01 Å². The number of hydrazone groups is 1. The van der Waals surface area contributed by atoms with Crippen LogP contribution in [0.2, 0.25) is 0 Å². The largest absolute Gasteiger partial charge is 0.301 e. The van der Waals surface area contributed by atoms with Gasteiger partial charge in [0.2, 0.25) is 0 Å². The van der Waals surface area contributed by atoms with Crippen LogP contribution in [0.25, 0.3) is 0 Å². The van der Waals surface area contributed by atoms with Crippen LogP contribution < -0.4 is 0 Å². The first kappa shape index (κ1) is 22.7. The average Bonchev–Trinajstić information content (AvgIpc) is 3.23. The predicted molar refractivity (Wildman–Crippen MR) is 131 cm³/mol. The first-order valence-corrected chi connectivity index (χ1v) is 11.8. The van der Waals surface area contributed by atoms with Gasteiger partial charge in [0, 0.05) is 38.2 Å². The zero-order valence-electron chi connectivity index (χ0n) is 20.2. The van der Waals surface area contributed by atoms with Crippen molar-refractivity contribution >= 4 is 11.6 Å². The minimum Gasteiger partial charge on any atom is -0.301 e. The van der Waals surface area contributed by atoms with E-state index in [9.17, 15) is 4.79 Å². The Morgan fingerprint density at radius 3 is 2.22 bits per heavy atom. The summed E-state index contributed by atoms with van der Waals surface area (Å²) < 4.78 is 0. The fourth-order valence-corrected chi connectivity index (χ4v) is 4.84. The molecule has 32 heavy (non-hydrogen) atoms. The van der Waals surface area contributed by atoms with E-state index in [1.165, 1.54) is 27.8 Å². The molecule has 0 N–H and O–H groups in total. The Labute approximate surface area is 192 Å². The third-order valence-corrected chi connectivity index (χ3v) is 6.93. The highest BCUT2D eigenvalue weighted by molar-refractivity contribution is 6.04. The van der Waals surface area contributed by atoms with Crippen molar-refractivity contribution in [3.63, 3.8) is 0 Å². The van der Waals surface area contributed by atoms with Crippen molar-refractivity contribution in [1.29, 1.82) is 0 Å². The fourth-order valence-electron chi connectivity index (χ4n) is 4.84. The number of benzene rings is 2. The van der Waals surface area contributed by atoms with Crippen molar-refractivity contribution in [2.24, 2.45) is 5.10 Å². The third kappa shape index (κ3) is 4.79. The normalized spacial score (nSPS) is 20.0. The molecule has 1 amide bonds. The maximum Gasteiger partial charge on any atom is 0.257 e. The molecule has 0 aliphatic carbocycles. The number of carbonyl (C=O) groups excluding carboxylic acids is 1. The molecule has 2 aliphatic heterocycles. The molecule has 170 valence electrons. The molecule has 1 atom stereocenters. The smallest absolute Gasteiger partial charge is 0.257 e. The van der Waals surface area contributed by atoms with Crippen LogP contribution in [0.4, 0.5) is 0 Å². The van der Waals surface area contributed by atoms with Gasteiger partial charge >= 0.3 is 0 Å². The van der Waals surface area contributed by atoms with E-state index in [2.05, 4.69) is 80.8 Å². The van der Waals surface area contributed by atoms with Crippen LogP contribution in [0.1, 0.15) is 52.8 Å². The first-order chi connectivity index (χ1) is 15.4. The molecule has 5 nitrogen and oxygen atoms in total. The van der Waals surface area contributed by atoms with Crippen LogP contribution in [0.5, 0.6) is 0 Å². The molecule has 0 bridgehead atoms. The van der Waals surface area contributed by atoms with Crippen molar-refractivity contribution in [3.05, 3.63) is 69.8 Å². The number of piperazine rings is 1. The van der Waals surface area contributed by atoms with Crippen LogP contribution in [-0.4, -0.2) is 65.7 Å². The lowest BCUT2D eigenvalue weighted by atomic mass is 9.92. The maximum atomic E-state index is 13.5. The van der Waals surface area contributed by atoms with Gasteiger partial charge in [0.1, 0.15) is 0 Å². The second-order valence-electron chi connectivity index (χ2n) is 9.39. The Bertz CT molecular complexity index is 1020. The summed E-state index contributed by atoms with van der Waals surface area (Å²) in [5.74, 6) is 0.0983. The zero-order valence-corrected chi connectivity index (χ0v) is 20.2. The molecule has 0 spiro atoms. The molecule has 2 aliphatic rings. The zero-order chi connectivity index (χ0) is 22.8. The molecule has 1 unspecified atom stereocenters. The van der Waals surface area contributed by atoms with Gasteiger partial charge < -0.3 is 4.90 Å². The lowest BCUT2D eigenvalue weighted by Gasteiger charge is -2.34. The third-order valence-electron chi connectivity index (χ3n) is 6.93. The molecular formula is C27H36N4O. The number of carbonyl (C=O) groups is 1. The van der Waals surface area contributed by atoms with E-state index in [0.717, 1.165) is 50.4 Å². The molecule has 4 rings (SSSR count). The highest BCUT2D eigenvalue weighted by atomic mass is 16.2. The second-order valence-corrected chi connectivity index (χ2v) is 9.39. The van der Waals surface area contributed by atoms with E-state index in [-0.39, 0.29) is 11.9 Å². The number of nitrogens with zero attached hydrogens (tertiary/aromatic N) is 4. The van der Waals surface area contributed by atoms with Gasteiger partial charge in [-0.15, -0.1) is 0 Å². The lowest BCUT2D eigenvalue weighted by molar-refractivity contribution is -0.134. The monoisotopic (exact) mass is 432 g/mol. The van der Waals surface area contributed by atoms with Crippen LogP contribution >= 0.6 is 0 Å². The Balaban J connectivity index is 1.63. The van der Waals surface area contributed by atoms with E-state index in [1.807, 2.05) is 0 Å². The Hall–Kier alpha value is -2.50. The van der Waals surface area contributed by atoms with Crippen molar-refractivity contribution in [3.8, 4) is 0 Å². The maximum absolute atomic E-state index is 13.5. The highest BCUT2D eigenvalue weighted by Crippen LogP contribution is 2.35. The van der Waals surface area contributed by atoms with E-state index in [0.29, 0.717) is 6.54 Å². The van der Waals surface area contributed by atoms with Crippen LogP contribution in [0.3, 0.4) is 0 Å². The molecule has 1 fully saturated rings. The number of hydrogen-bond acceptors (Lipinski definition) is 4. The van der Waals surface area contributed by atoms with E-state index < -0.39 is 0 Å². The van der Waals surface area contributed by atoms with Crippen molar-refractivity contribution in [2.75, 3.05) is 39.3 Å². The molecule has 2 aromatic carbocycles. The van der Waals surface area contributed by atoms with Gasteiger partial charge in [-0.2, -0.15) is 5.10 Å².